The molecule has 0 bridgehead atoms. The lowest BCUT2D eigenvalue weighted by atomic mass is 9.92. The maximum absolute atomic E-state index is 11.7. The third kappa shape index (κ3) is 3.66. The van der Waals surface area contributed by atoms with Gasteiger partial charge in [-0.2, -0.15) is 0 Å². The van der Waals surface area contributed by atoms with Crippen LogP contribution < -0.4 is 5.32 Å². The predicted octanol–water partition coefficient (Wildman–Crippen LogP) is 2.68. The highest BCUT2D eigenvalue weighted by molar-refractivity contribution is 9.10. The second kappa shape index (κ2) is 5.36. The molecule has 0 amide bonds. The van der Waals surface area contributed by atoms with Crippen LogP contribution in [-0.2, 0) is 15.3 Å². The van der Waals surface area contributed by atoms with Crippen molar-refractivity contribution in [3.63, 3.8) is 0 Å². The molecule has 0 saturated carbocycles. The van der Waals surface area contributed by atoms with Gasteiger partial charge in [-0.25, -0.2) is 18.4 Å². The largest absolute Gasteiger partial charge is 0.372 e. The number of sulfone groups is 1. The summed E-state index contributed by atoms with van der Waals surface area (Å²) in [7, 11) is -1.48. The van der Waals surface area contributed by atoms with E-state index in [1.54, 1.807) is 14.0 Å². The normalized spacial score (nSPS) is 14.3. The standard InChI is InChI=1S/C12H20BrN3O2S/c1-7(19(6,17)18)10-15-9(12(2,3)4)8(13)11(14-5)16-10/h7H,1-6H3,(H,14,15,16). The Labute approximate surface area is 123 Å². The lowest BCUT2D eigenvalue weighted by Gasteiger charge is -2.22. The number of aromatic nitrogens is 2. The maximum atomic E-state index is 11.7. The molecule has 1 unspecified atom stereocenters. The van der Waals surface area contributed by atoms with Crippen molar-refractivity contribution >= 4 is 31.6 Å². The van der Waals surface area contributed by atoms with Gasteiger partial charge < -0.3 is 5.32 Å². The van der Waals surface area contributed by atoms with Gasteiger partial charge >= 0.3 is 0 Å². The molecule has 0 fully saturated rings. The highest BCUT2D eigenvalue weighted by Crippen LogP contribution is 2.34. The Hall–Kier alpha value is -0.690. The smallest absolute Gasteiger partial charge is 0.157 e. The Kier molecular flexibility index (Phi) is 4.62. The van der Waals surface area contributed by atoms with Gasteiger partial charge in [0.25, 0.3) is 0 Å². The lowest BCUT2D eigenvalue weighted by Crippen LogP contribution is -2.20. The van der Waals surface area contributed by atoms with Crippen molar-refractivity contribution in [2.24, 2.45) is 0 Å². The van der Waals surface area contributed by atoms with Crippen LogP contribution in [0.2, 0.25) is 0 Å². The van der Waals surface area contributed by atoms with E-state index in [2.05, 4.69) is 31.2 Å². The van der Waals surface area contributed by atoms with E-state index in [-0.39, 0.29) is 5.41 Å². The number of anilines is 1. The molecule has 7 heteroatoms. The number of rotatable bonds is 3. The molecule has 0 spiro atoms. The van der Waals surface area contributed by atoms with Crippen LogP contribution in [0.5, 0.6) is 0 Å². The average molecular weight is 350 g/mol. The fourth-order valence-electron chi connectivity index (χ4n) is 1.50. The minimum Gasteiger partial charge on any atom is -0.372 e. The molecule has 0 aliphatic carbocycles. The number of nitrogens with one attached hydrogen (secondary N) is 1. The molecular weight excluding hydrogens is 330 g/mol. The van der Waals surface area contributed by atoms with E-state index < -0.39 is 15.1 Å². The minimum absolute atomic E-state index is 0.209. The van der Waals surface area contributed by atoms with Crippen LogP contribution in [0.25, 0.3) is 0 Å². The summed E-state index contributed by atoms with van der Waals surface area (Å²) >= 11 is 3.47. The second-order valence-corrected chi connectivity index (χ2v) is 8.72. The van der Waals surface area contributed by atoms with Gasteiger partial charge in [-0.15, -0.1) is 0 Å². The Balaban J connectivity index is 3.53. The van der Waals surface area contributed by atoms with Crippen molar-refractivity contribution in [3.8, 4) is 0 Å². The molecule has 5 nitrogen and oxygen atoms in total. The first kappa shape index (κ1) is 16.4. The molecule has 1 atom stereocenters. The van der Waals surface area contributed by atoms with Gasteiger partial charge in [0.05, 0.1) is 10.2 Å². The zero-order valence-electron chi connectivity index (χ0n) is 12.1. The molecular formula is C12H20BrN3O2S. The quantitative estimate of drug-likeness (QED) is 0.907. The van der Waals surface area contributed by atoms with Crippen molar-refractivity contribution < 1.29 is 8.42 Å². The molecule has 1 aromatic heterocycles. The van der Waals surface area contributed by atoms with Crippen molar-refractivity contribution in [3.05, 3.63) is 16.0 Å². The molecule has 1 rings (SSSR count). The maximum Gasteiger partial charge on any atom is 0.157 e. The van der Waals surface area contributed by atoms with Crippen LogP contribution in [0.1, 0.15) is 44.5 Å². The number of halogens is 1. The van der Waals surface area contributed by atoms with E-state index in [9.17, 15) is 8.42 Å². The third-order valence-electron chi connectivity index (χ3n) is 2.82. The zero-order chi connectivity index (χ0) is 15.0. The summed E-state index contributed by atoms with van der Waals surface area (Å²) in [5.74, 6) is 0.922. The van der Waals surface area contributed by atoms with Crippen molar-refractivity contribution in [1.82, 2.24) is 9.97 Å². The second-order valence-electron chi connectivity index (χ2n) is 5.56. The highest BCUT2D eigenvalue weighted by atomic mass is 79.9. The molecule has 19 heavy (non-hydrogen) atoms. The van der Waals surface area contributed by atoms with E-state index in [1.165, 1.54) is 6.26 Å². The third-order valence-corrected chi connectivity index (χ3v) is 5.07. The van der Waals surface area contributed by atoms with Crippen LogP contribution >= 0.6 is 15.9 Å². The summed E-state index contributed by atoms with van der Waals surface area (Å²) in [6, 6.07) is 0. The van der Waals surface area contributed by atoms with Gasteiger partial charge in [-0.3, -0.25) is 0 Å². The van der Waals surface area contributed by atoms with Gasteiger partial charge in [-0.1, -0.05) is 20.8 Å². The SMILES string of the molecule is CNc1nc(C(C)S(C)(=O)=O)nc(C(C)(C)C)c1Br. The molecule has 0 aliphatic rings. The van der Waals surface area contributed by atoms with E-state index in [0.717, 1.165) is 10.2 Å². The van der Waals surface area contributed by atoms with Gasteiger partial charge in [0.1, 0.15) is 16.9 Å². The number of nitrogens with zero attached hydrogens (tertiary/aromatic N) is 2. The molecule has 0 saturated heterocycles. The Morgan fingerprint density at radius 3 is 2.16 bits per heavy atom. The van der Waals surface area contributed by atoms with Crippen LogP contribution in [0.4, 0.5) is 5.82 Å². The van der Waals surface area contributed by atoms with Crippen LogP contribution in [0.3, 0.4) is 0 Å². The molecule has 108 valence electrons. The molecule has 0 radical (unpaired) electrons. The lowest BCUT2D eigenvalue weighted by molar-refractivity contribution is 0.554. The Morgan fingerprint density at radius 1 is 1.26 bits per heavy atom. The Bertz CT molecular complexity index is 579. The van der Waals surface area contributed by atoms with E-state index in [1.807, 2.05) is 20.8 Å². The summed E-state index contributed by atoms with van der Waals surface area (Å²) in [5.41, 5.74) is 0.580. The number of hydrogen-bond donors (Lipinski definition) is 1. The minimum atomic E-state index is -3.22. The van der Waals surface area contributed by atoms with E-state index >= 15 is 0 Å². The van der Waals surface area contributed by atoms with Gasteiger partial charge in [0.15, 0.2) is 9.84 Å². The summed E-state index contributed by atoms with van der Waals surface area (Å²) in [6.07, 6.45) is 1.19. The summed E-state index contributed by atoms with van der Waals surface area (Å²) in [6.45, 7) is 7.67. The fourth-order valence-corrected chi connectivity index (χ4v) is 2.96. The first-order valence-corrected chi connectivity index (χ1v) is 8.67. The van der Waals surface area contributed by atoms with E-state index in [4.69, 9.17) is 0 Å². The molecule has 1 N–H and O–H groups in total. The first-order chi connectivity index (χ1) is 8.48. The monoisotopic (exact) mass is 349 g/mol. The summed E-state index contributed by atoms with van der Waals surface area (Å²) in [5, 5.41) is 2.23. The predicted molar refractivity (Wildman–Crippen MR) is 81.2 cm³/mol. The number of hydrogen-bond acceptors (Lipinski definition) is 5. The van der Waals surface area contributed by atoms with Crippen molar-refractivity contribution in [2.45, 2.75) is 38.4 Å². The fraction of sp³-hybridized carbons (Fsp3) is 0.667. The van der Waals surface area contributed by atoms with Crippen molar-refractivity contribution in [2.75, 3.05) is 18.6 Å². The topological polar surface area (TPSA) is 72.0 Å². The summed E-state index contributed by atoms with van der Waals surface area (Å²) in [4.78, 5) is 8.72. The Morgan fingerprint density at radius 2 is 1.79 bits per heavy atom. The van der Waals surface area contributed by atoms with Gasteiger partial charge in [0, 0.05) is 18.7 Å². The van der Waals surface area contributed by atoms with Crippen LogP contribution in [-0.4, -0.2) is 31.7 Å². The average Bonchev–Trinajstić information content (AvgIpc) is 2.25. The molecule has 1 aromatic rings. The van der Waals surface area contributed by atoms with Crippen LogP contribution in [0.15, 0.2) is 4.47 Å². The highest BCUT2D eigenvalue weighted by Gasteiger charge is 2.27. The first-order valence-electron chi connectivity index (χ1n) is 5.93. The van der Waals surface area contributed by atoms with Gasteiger partial charge in [0.2, 0.25) is 0 Å². The molecule has 1 heterocycles. The van der Waals surface area contributed by atoms with E-state index in [0.29, 0.717) is 11.6 Å². The summed E-state index contributed by atoms with van der Waals surface area (Å²) < 4.78 is 24.1. The van der Waals surface area contributed by atoms with Gasteiger partial charge in [-0.05, 0) is 22.9 Å². The zero-order valence-corrected chi connectivity index (χ0v) is 14.5. The van der Waals surface area contributed by atoms with Crippen molar-refractivity contribution in [1.29, 1.82) is 0 Å². The molecule has 0 aromatic carbocycles. The molecule has 0 aliphatic heterocycles. The van der Waals surface area contributed by atoms with Crippen LogP contribution in [0, 0.1) is 0 Å².